The zero-order chi connectivity index (χ0) is 26.3. The largest absolute Gasteiger partial charge is 0.480 e. The monoisotopic (exact) mass is 505 g/mol. The molecule has 0 radical (unpaired) electrons. The third-order valence-electron chi connectivity index (χ3n) is 5.31. The molecule has 0 saturated carbocycles. The Morgan fingerprint density at radius 2 is 1.56 bits per heavy atom. The lowest BCUT2D eigenvalue weighted by atomic mass is 9.93. The van der Waals surface area contributed by atoms with Crippen molar-refractivity contribution in [3.63, 3.8) is 0 Å². The van der Waals surface area contributed by atoms with Crippen LogP contribution < -0.4 is 5.32 Å². The van der Waals surface area contributed by atoms with Gasteiger partial charge in [-0.3, -0.25) is 4.79 Å². The summed E-state index contributed by atoms with van der Waals surface area (Å²) in [5, 5.41) is 11.8. The Balaban J connectivity index is 1.66. The molecule has 0 heterocycles. The Morgan fingerprint density at radius 1 is 0.917 bits per heavy atom. The van der Waals surface area contributed by atoms with Crippen LogP contribution in [0.15, 0.2) is 72.8 Å². The first kappa shape index (κ1) is 27.0. The molecule has 188 valence electrons. The van der Waals surface area contributed by atoms with Crippen LogP contribution in [0, 0.1) is 0 Å². The highest BCUT2D eigenvalue weighted by Crippen LogP contribution is 2.30. The fraction of sp³-hybridized carbons (Fsp3) is 0.276. The van der Waals surface area contributed by atoms with E-state index in [9.17, 15) is 19.5 Å². The number of aliphatic carboxylic acids is 1. The maximum atomic E-state index is 12.4. The number of ether oxygens (including phenoxy) is 1. The van der Waals surface area contributed by atoms with Crippen molar-refractivity contribution >= 4 is 29.6 Å². The lowest BCUT2D eigenvalue weighted by molar-refractivity contribution is -0.138. The minimum absolute atomic E-state index is 0.000358. The van der Waals surface area contributed by atoms with Crippen molar-refractivity contribution in [3.8, 4) is 22.3 Å². The second-order valence-electron chi connectivity index (χ2n) is 9.43. The molecule has 0 aliphatic carbocycles. The molecule has 0 spiro atoms. The summed E-state index contributed by atoms with van der Waals surface area (Å²) in [4.78, 5) is 35.9. The molecular weight excluding hydrogens is 474 g/mol. The van der Waals surface area contributed by atoms with E-state index in [1.54, 1.807) is 27.7 Å². The predicted molar refractivity (Wildman–Crippen MR) is 144 cm³/mol. The van der Waals surface area contributed by atoms with Crippen LogP contribution in [0.5, 0.6) is 0 Å². The highest BCUT2D eigenvalue weighted by molar-refractivity contribution is 7.98. The van der Waals surface area contributed by atoms with E-state index in [1.165, 1.54) is 11.8 Å². The number of hydrogen-bond donors (Lipinski definition) is 2. The van der Waals surface area contributed by atoms with Crippen LogP contribution in [-0.2, 0) is 15.3 Å². The van der Waals surface area contributed by atoms with E-state index in [2.05, 4.69) is 5.32 Å². The van der Waals surface area contributed by atoms with Gasteiger partial charge in [-0.25, -0.2) is 9.59 Å². The normalized spacial score (nSPS) is 12.0. The summed E-state index contributed by atoms with van der Waals surface area (Å²) < 4.78 is 5.15. The quantitative estimate of drug-likeness (QED) is 0.325. The molecule has 3 aromatic carbocycles. The molecule has 0 aliphatic heterocycles. The maximum absolute atomic E-state index is 12.4. The van der Waals surface area contributed by atoms with Crippen molar-refractivity contribution in [2.75, 3.05) is 5.75 Å². The summed E-state index contributed by atoms with van der Waals surface area (Å²) >= 11 is 1.41. The van der Waals surface area contributed by atoms with Crippen LogP contribution >= 0.6 is 11.8 Å². The molecule has 1 atom stereocenters. The molecule has 6 nitrogen and oxygen atoms in total. The van der Waals surface area contributed by atoms with E-state index in [1.807, 2.05) is 72.8 Å². The number of carbonyl (C=O) groups is 3. The first-order valence-electron chi connectivity index (χ1n) is 11.6. The van der Waals surface area contributed by atoms with Crippen LogP contribution in [-0.4, -0.2) is 40.3 Å². The van der Waals surface area contributed by atoms with E-state index >= 15 is 0 Å². The molecule has 7 heteroatoms. The molecule has 1 unspecified atom stereocenters. The summed E-state index contributed by atoms with van der Waals surface area (Å²) in [7, 11) is 0. The van der Waals surface area contributed by atoms with Crippen molar-refractivity contribution < 1.29 is 24.2 Å². The molecule has 3 rings (SSSR count). The summed E-state index contributed by atoms with van der Waals surface area (Å²) in [6.45, 7) is 6.73. The summed E-state index contributed by atoms with van der Waals surface area (Å²) in [6.07, 6.45) is -0.751. The number of hydrogen-bond acceptors (Lipinski definition) is 5. The number of carboxylic acid groups (broad SMARTS) is 1. The first-order chi connectivity index (χ1) is 17.0. The highest BCUT2D eigenvalue weighted by Gasteiger charge is 2.24. The zero-order valence-electron chi connectivity index (χ0n) is 20.9. The van der Waals surface area contributed by atoms with Gasteiger partial charge in [0.05, 0.1) is 0 Å². The van der Waals surface area contributed by atoms with Crippen LogP contribution in [0.4, 0.5) is 4.79 Å². The molecule has 0 aliphatic rings. The average molecular weight is 506 g/mol. The number of rotatable bonds is 9. The Kier molecular flexibility index (Phi) is 8.93. The van der Waals surface area contributed by atoms with Gasteiger partial charge in [0.25, 0.3) is 0 Å². The minimum Gasteiger partial charge on any atom is -0.480 e. The predicted octanol–water partition coefficient (Wildman–Crippen LogP) is 6.43. The van der Waals surface area contributed by atoms with Gasteiger partial charge >= 0.3 is 12.1 Å². The van der Waals surface area contributed by atoms with Gasteiger partial charge in [-0.2, -0.15) is 11.8 Å². The van der Waals surface area contributed by atoms with E-state index in [0.717, 1.165) is 27.8 Å². The lowest BCUT2D eigenvalue weighted by Crippen LogP contribution is -2.44. The van der Waals surface area contributed by atoms with E-state index in [-0.39, 0.29) is 11.5 Å². The second-order valence-corrected chi connectivity index (χ2v) is 10.5. The molecule has 0 bridgehead atoms. The fourth-order valence-electron chi connectivity index (χ4n) is 3.60. The number of benzene rings is 3. The molecule has 0 fully saturated rings. The molecule has 3 aromatic rings. The lowest BCUT2D eigenvalue weighted by Gasteiger charge is -2.21. The number of thioether (sulfide) groups is 1. The molecule has 0 aromatic heterocycles. The number of alkyl carbamates (subject to hydrolysis) is 1. The Labute approximate surface area is 216 Å². The summed E-state index contributed by atoms with van der Waals surface area (Å²) in [6, 6.07) is 22.7. The van der Waals surface area contributed by atoms with Gasteiger partial charge in [-0.15, -0.1) is 0 Å². The number of amides is 1. The third-order valence-corrected chi connectivity index (χ3v) is 6.42. The highest BCUT2D eigenvalue weighted by atomic mass is 32.2. The molecule has 1 amide bonds. The number of carbonyl (C=O) groups excluding carboxylic acids is 2. The standard InChI is InChI=1S/C29H31NO5S/c1-19(31)25-16-23(21-8-6-5-7-9-21)14-15-24(25)22-12-10-20(11-13-22)17-36-18-26(27(32)33)30-28(34)35-29(2,3)4/h5-16,26H,17-18H2,1-4H3,(H,30,34)(H,32,33). The fourth-order valence-corrected chi connectivity index (χ4v) is 4.60. The van der Waals surface area contributed by atoms with Crippen molar-refractivity contribution in [1.82, 2.24) is 5.32 Å². The number of nitrogens with one attached hydrogen (secondary N) is 1. The van der Waals surface area contributed by atoms with Gasteiger partial charge in [0.1, 0.15) is 11.6 Å². The van der Waals surface area contributed by atoms with Crippen molar-refractivity contribution in [1.29, 1.82) is 0 Å². The topological polar surface area (TPSA) is 92.7 Å². The van der Waals surface area contributed by atoms with Gasteiger partial charge in [-0.1, -0.05) is 66.7 Å². The second kappa shape index (κ2) is 11.9. The van der Waals surface area contributed by atoms with Gasteiger partial charge in [0, 0.05) is 17.1 Å². The molecule has 0 saturated heterocycles. The van der Waals surface area contributed by atoms with Gasteiger partial charge in [-0.05, 0) is 61.6 Å². The van der Waals surface area contributed by atoms with Gasteiger partial charge in [0.15, 0.2) is 5.78 Å². The van der Waals surface area contributed by atoms with Crippen LogP contribution in [0.2, 0.25) is 0 Å². The smallest absolute Gasteiger partial charge is 0.408 e. The summed E-state index contributed by atoms with van der Waals surface area (Å²) in [5.41, 5.74) is 4.82. The Hall–Kier alpha value is -3.58. The Bertz CT molecular complexity index is 1220. The third kappa shape index (κ3) is 7.71. The zero-order valence-corrected chi connectivity index (χ0v) is 21.7. The first-order valence-corrected chi connectivity index (χ1v) is 12.8. The number of ketones is 1. The number of Topliss-reactive ketones (excluding diaryl/α,β-unsaturated/α-hetero) is 1. The van der Waals surface area contributed by atoms with Crippen LogP contribution in [0.1, 0.15) is 43.6 Å². The van der Waals surface area contributed by atoms with E-state index in [4.69, 9.17) is 4.74 Å². The minimum atomic E-state index is -1.11. The van der Waals surface area contributed by atoms with Crippen LogP contribution in [0.3, 0.4) is 0 Å². The maximum Gasteiger partial charge on any atom is 0.408 e. The van der Waals surface area contributed by atoms with Gasteiger partial charge in [0.2, 0.25) is 0 Å². The SMILES string of the molecule is CC(=O)c1cc(-c2ccccc2)ccc1-c1ccc(CSCC(NC(=O)OC(C)(C)C)C(=O)O)cc1. The van der Waals surface area contributed by atoms with Crippen LogP contribution in [0.25, 0.3) is 22.3 Å². The average Bonchev–Trinajstić information content (AvgIpc) is 2.83. The number of carboxylic acids is 1. The molecule has 36 heavy (non-hydrogen) atoms. The summed E-state index contributed by atoms with van der Waals surface area (Å²) in [5.74, 6) is -0.336. The van der Waals surface area contributed by atoms with Gasteiger partial charge < -0.3 is 15.2 Å². The van der Waals surface area contributed by atoms with E-state index < -0.39 is 23.7 Å². The van der Waals surface area contributed by atoms with Crippen molar-refractivity contribution in [2.45, 2.75) is 45.1 Å². The van der Waals surface area contributed by atoms with E-state index in [0.29, 0.717) is 11.3 Å². The Morgan fingerprint density at radius 3 is 2.14 bits per heavy atom. The molecular formula is C29H31NO5S. The van der Waals surface area contributed by atoms with Crippen molar-refractivity contribution in [3.05, 3.63) is 83.9 Å². The molecule has 2 N–H and O–H groups in total. The van der Waals surface area contributed by atoms with Crippen molar-refractivity contribution in [2.24, 2.45) is 0 Å².